The smallest absolute Gasteiger partial charge is 0.153 e. The highest BCUT2D eigenvalue weighted by atomic mass is 15.4. The zero-order valence-corrected chi connectivity index (χ0v) is 8.90. The van der Waals surface area contributed by atoms with E-state index in [1.807, 2.05) is 0 Å². The van der Waals surface area contributed by atoms with Crippen molar-refractivity contribution in [3.8, 4) is 0 Å². The van der Waals surface area contributed by atoms with Gasteiger partial charge in [-0.05, 0) is 25.5 Å². The molecule has 14 heavy (non-hydrogen) atoms. The SMILES string of the molecule is CCCn1c2ccccc2c[n+]1CC. The van der Waals surface area contributed by atoms with Crippen LogP contribution in [0.25, 0.3) is 10.9 Å². The molecule has 2 nitrogen and oxygen atoms in total. The molecule has 74 valence electrons. The van der Waals surface area contributed by atoms with E-state index >= 15 is 0 Å². The second kappa shape index (κ2) is 3.82. The summed E-state index contributed by atoms with van der Waals surface area (Å²) in [6.07, 6.45) is 3.41. The minimum Gasteiger partial charge on any atom is -0.153 e. The van der Waals surface area contributed by atoms with Crippen LogP contribution in [0.3, 0.4) is 0 Å². The zero-order chi connectivity index (χ0) is 9.97. The fraction of sp³-hybridized carbons (Fsp3) is 0.417. The molecule has 0 amide bonds. The second-order valence-electron chi connectivity index (χ2n) is 3.57. The van der Waals surface area contributed by atoms with Crippen LogP contribution in [0.15, 0.2) is 30.5 Å². The van der Waals surface area contributed by atoms with Gasteiger partial charge >= 0.3 is 0 Å². The van der Waals surface area contributed by atoms with Gasteiger partial charge in [-0.1, -0.05) is 19.1 Å². The normalized spacial score (nSPS) is 11.0. The van der Waals surface area contributed by atoms with Crippen molar-refractivity contribution in [2.24, 2.45) is 0 Å². The Labute approximate surface area is 84.8 Å². The molecule has 0 fully saturated rings. The van der Waals surface area contributed by atoms with Gasteiger partial charge in [0.25, 0.3) is 0 Å². The molecule has 0 aliphatic heterocycles. The summed E-state index contributed by atoms with van der Waals surface area (Å²) in [7, 11) is 0. The van der Waals surface area contributed by atoms with Gasteiger partial charge in [0, 0.05) is 0 Å². The van der Waals surface area contributed by atoms with Crippen molar-refractivity contribution in [2.75, 3.05) is 0 Å². The topological polar surface area (TPSA) is 8.81 Å². The highest BCUT2D eigenvalue weighted by molar-refractivity contribution is 5.77. The highest BCUT2D eigenvalue weighted by Crippen LogP contribution is 2.11. The van der Waals surface area contributed by atoms with Crippen LogP contribution in [0, 0.1) is 0 Å². The summed E-state index contributed by atoms with van der Waals surface area (Å²) in [5, 5.41) is 1.34. The van der Waals surface area contributed by atoms with E-state index in [0.29, 0.717) is 0 Å². The molecule has 0 saturated heterocycles. The van der Waals surface area contributed by atoms with Gasteiger partial charge in [-0.2, -0.15) is 4.68 Å². The van der Waals surface area contributed by atoms with E-state index in [4.69, 9.17) is 0 Å². The summed E-state index contributed by atoms with van der Waals surface area (Å²) in [6.45, 7) is 6.54. The van der Waals surface area contributed by atoms with Gasteiger partial charge in [-0.25, -0.2) is 0 Å². The van der Waals surface area contributed by atoms with Crippen molar-refractivity contribution in [3.05, 3.63) is 30.5 Å². The standard InChI is InChI=1S/C12H17N2/c1-3-9-14-12-8-6-5-7-11(12)10-13(14)4-2/h5-8,10H,3-4,9H2,1-2H3/q+1. The molecule has 1 aromatic carbocycles. The van der Waals surface area contributed by atoms with Crippen LogP contribution < -0.4 is 4.68 Å². The van der Waals surface area contributed by atoms with Crippen LogP contribution in [0.1, 0.15) is 20.3 Å². The Hall–Kier alpha value is -1.31. The average molecular weight is 189 g/mol. The monoisotopic (exact) mass is 189 g/mol. The Morgan fingerprint density at radius 3 is 2.71 bits per heavy atom. The van der Waals surface area contributed by atoms with Crippen molar-refractivity contribution < 1.29 is 4.68 Å². The van der Waals surface area contributed by atoms with E-state index in [0.717, 1.165) is 13.1 Å². The van der Waals surface area contributed by atoms with Crippen LogP contribution >= 0.6 is 0 Å². The lowest BCUT2D eigenvalue weighted by Crippen LogP contribution is -2.41. The van der Waals surface area contributed by atoms with E-state index in [2.05, 4.69) is 53.7 Å². The summed E-state index contributed by atoms with van der Waals surface area (Å²) in [5.41, 5.74) is 1.34. The summed E-state index contributed by atoms with van der Waals surface area (Å²) in [6, 6.07) is 8.57. The highest BCUT2D eigenvalue weighted by Gasteiger charge is 2.11. The number of nitrogens with zero attached hydrogens (tertiary/aromatic N) is 2. The molecular formula is C12H17N2+. The lowest BCUT2D eigenvalue weighted by Gasteiger charge is -1.99. The molecule has 0 bridgehead atoms. The van der Waals surface area contributed by atoms with Crippen LogP contribution in [-0.4, -0.2) is 4.68 Å². The van der Waals surface area contributed by atoms with Crippen LogP contribution in [-0.2, 0) is 13.1 Å². The van der Waals surface area contributed by atoms with Gasteiger partial charge in [0.05, 0.1) is 11.9 Å². The first-order valence-electron chi connectivity index (χ1n) is 5.34. The van der Waals surface area contributed by atoms with E-state index in [-0.39, 0.29) is 0 Å². The maximum absolute atomic E-state index is 2.36. The number of aryl methyl sites for hydroxylation is 2. The molecule has 0 spiro atoms. The molecule has 0 N–H and O–H groups in total. The first-order valence-corrected chi connectivity index (χ1v) is 5.34. The number of benzene rings is 1. The molecule has 2 rings (SSSR count). The third-order valence-corrected chi connectivity index (χ3v) is 2.57. The molecule has 0 unspecified atom stereocenters. The van der Waals surface area contributed by atoms with Crippen molar-refractivity contribution in [1.29, 1.82) is 0 Å². The molecular weight excluding hydrogens is 172 g/mol. The molecule has 0 aliphatic rings. The lowest BCUT2D eigenvalue weighted by atomic mass is 10.2. The second-order valence-corrected chi connectivity index (χ2v) is 3.57. The maximum atomic E-state index is 2.36. The summed E-state index contributed by atoms with van der Waals surface area (Å²) in [4.78, 5) is 0. The molecule has 0 atom stereocenters. The Morgan fingerprint density at radius 2 is 2.00 bits per heavy atom. The third kappa shape index (κ3) is 1.41. The first-order chi connectivity index (χ1) is 6.86. The van der Waals surface area contributed by atoms with Crippen molar-refractivity contribution in [2.45, 2.75) is 33.4 Å². The van der Waals surface area contributed by atoms with Gasteiger partial charge in [0.2, 0.25) is 6.20 Å². The van der Waals surface area contributed by atoms with Crippen LogP contribution in [0.2, 0.25) is 0 Å². The number of para-hydroxylation sites is 1. The predicted molar refractivity (Wildman–Crippen MR) is 58.1 cm³/mol. The average Bonchev–Trinajstić information content (AvgIpc) is 2.58. The summed E-state index contributed by atoms with van der Waals surface area (Å²) in [5.74, 6) is 0. The van der Waals surface area contributed by atoms with Gasteiger partial charge < -0.3 is 0 Å². The van der Waals surface area contributed by atoms with E-state index in [9.17, 15) is 0 Å². The number of fused-ring (bicyclic) bond motifs is 1. The molecule has 1 aromatic heterocycles. The molecule has 0 radical (unpaired) electrons. The van der Waals surface area contributed by atoms with Crippen molar-refractivity contribution in [3.63, 3.8) is 0 Å². The fourth-order valence-corrected chi connectivity index (χ4v) is 1.92. The predicted octanol–water partition coefficient (Wildman–Crippen LogP) is 2.36. The zero-order valence-electron chi connectivity index (χ0n) is 8.90. The van der Waals surface area contributed by atoms with Gasteiger partial charge in [-0.3, -0.25) is 0 Å². The van der Waals surface area contributed by atoms with E-state index in [1.54, 1.807) is 0 Å². The third-order valence-electron chi connectivity index (χ3n) is 2.57. The minimum absolute atomic E-state index is 1.04. The van der Waals surface area contributed by atoms with Crippen molar-refractivity contribution >= 4 is 10.9 Å². The minimum atomic E-state index is 1.04. The largest absolute Gasteiger partial charge is 0.203 e. The molecule has 0 aliphatic carbocycles. The number of aromatic nitrogens is 2. The molecule has 2 aromatic rings. The van der Waals surface area contributed by atoms with Gasteiger partial charge in [0.15, 0.2) is 6.54 Å². The van der Waals surface area contributed by atoms with Gasteiger partial charge in [0.1, 0.15) is 5.52 Å². The maximum Gasteiger partial charge on any atom is 0.203 e. The van der Waals surface area contributed by atoms with Gasteiger partial charge in [-0.15, -0.1) is 4.68 Å². The summed E-state index contributed by atoms with van der Waals surface area (Å²) >= 11 is 0. The Balaban J connectivity index is 2.61. The quantitative estimate of drug-likeness (QED) is 0.655. The fourth-order valence-electron chi connectivity index (χ4n) is 1.92. The Morgan fingerprint density at radius 1 is 1.21 bits per heavy atom. The van der Waals surface area contributed by atoms with Crippen LogP contribution in [0.4, 0.5) is 0 Å². The molecule has 0 saturated carbocycles. The first kappa shape index (κ1) is 9.25. The number of hydrogen-bond acceptors (Lipinski definition) is 0. The Kier molecular flexibility index (Phi) is 2.53. The van der Waals surface area contributed by atoms with E-state index < -0.39 is 0 Å². The van der Waals surface area contributed by atoms with Crippen LogP contribution in [0.5, 0.6) is 0 Å². The molecule has 2 heteroatoms. The number of rotatable bonds is 3. The lowest BCUT2D eigenvalue weighted by molar-refractivity contribution is -0.770. The van der Waals surface area contributed by atoms with Crippen molar-refractivity contribution in [1.82, 2.24) is 4.68 Å². The van der Waals surface area contributed by atoms with E-state index in [1.165, 1.54) is 17.3 Å². The Bertz CT molecular complexity index is 429. The number of hydrogen-bond donors (Lipinski definition) is 0. The summed E-state index contributed by atoms with van der Waals surface area (Å²) < 4.78 is 4.64. The molecule has 1 heterocycles.